The molecule has 0 atom stereocenters. The Balaban J connectivity index is 1.95. The molecular weight excluding hydrogens is 278 g/mol. The first-order valence-corrected chi connectivity index (χ1v) is 6.79. The van der Waals surface area contributed by atoms with Gasteiger partial charge in [0.15, 0.2) is 11.4 Å². The van der Waals surface area contributed by atoms with Gasteiger partial charge in [-0.15, -0.1) is 0 Å². The standard InChI is InChI=1S/C17H11N3O2/c21-12-7-5-11(6-8-12)9-15-17(22)19-16-13-3-1-2-4-14(13)18-10-20(15)16/h1-10,22H. The van der Waals surface area contributed by atoms with Gasteiger partial charge in [0.2, 0.25) is 5.88 Å². The second-order valence-corrected chi connectivity index (χ2v) is 4.99. The minimum Gasteiger partial charge on any atom is -0.492 e. The minimum absolute atomic E-state index is 0.0489. The lowest BCUT2D eigenvalue weighted by molar-refractivity contribution is -0.110. The summed E-state index contributed by atoms with van der Waals surface area (Å²) < 4.78 is 1.74. The van der Waals surface area contributed by atoms with Crippen LogP contribution in [0.1, 0.15) is 5.69 Å². The van der Waals surface area contributed by atoms with Crippen LogP contribution in [-0.2, 0) is 4.79 Å². The van der Waals surface area contributed by atoms with Crippen LogP contribution in [0.3, 0.4) is 0 Å². The first-order valence-electron chi connectivity index (χ1n) is 6.79. The number of hydrogen-bond acceptors (Lipinski definition) is 4. The molecular formula is C17H11N3O2. The molecule has 2 aromatic heterocycles. The largest absolute Gasteiger partial charge is 0.492 e. The second kappa shape index (κ2) is 4.66. The van der Waals surface area contributed by atoms with Crippen LogP contribution in [-0.4, -0.2) is 25.3 Å². The van der Waals surface area contributed by atoms with Crippen LogP contribution in [0, 0.1) is 0 Å². The number of para-hydroxylation sites is 1. The Morgan fingerprint density at radius 2 is 1.86 bits per heavy atom. The molecule has 2 heterocycles. The lowest BCUT2D eigenvalue weighted by Crippen LogP contribution is -1.94. The van der Waals surface area contributed by atoms with E-state index in [1.54, 1.807) is 29.0 Å². The number of aromatic nitrogens is 3. The van der Waals surface area contributed by atoms with Gasteiger partial charge in [-0.1, -0.05) is 24.3 Å². The molecule has 0 unspecified atom stereocenters. The van der Waals surface area contributed by atoms with Gasteiger partial charge in [0.05, 0.1) is 5.52 Å². The molecule has 4 rings (SSSR count). The molecule has 0 amide bonds. The summed E-state index contributed by atoms with van der Waals surface area (Å²) in [7, 11) is 0. The maximum absolute atomic E-state index is 11.2. The van der Waals surface area contributed by atoms with Crippen LogP contribution in [0.4, 0.5) is 0 Å². The maximum atomic E-state index is 11.2. The van der Waals surface area contributed by atoms with E-state index < -0.39 is 0 Å². The van der Waals surface area contributed by atoms with E-state index >= 15 is 0 Å². The second-order valence-electron chi connectivity index (χ2n) is 4.99. The third kappa shape index (κ3) is 1.91. The quantitative estimate of drug-likeness (QED) is 0.748. The van der Waals surface area contributed by atoms with Crippen LogP contribution in [0.5, 0.6) is 5.88 Å². The number of benzene rings is 1. The molecule has 0 bridgehead atoms. The molecule has 0 saturated heterocycles. The number of carbonyl (C=O) groups excluding carboxylic acids is 1. The predicted octanol–water partition coefficient (Wildman–Crippen LogP) is 2.67. The van der Waals surface area contributed by atoms with Crippen molar-refractivity contribution in [3.8, 4) is 5.88 Å². The van der Waals surface area contributed by atoms with Gasteiger partial charge < -0.3 is 5.11 Å². The van der Waals surface area contributed by atoms with Crippen molar-refractivity contribution in [2.75, 3.05) is 0 Å². The van der Waals surface area contributed by atoms with Crippen molar-refractivity contribution in [2.45, 2.75) is 0 Å². The fourth-order valence-corrected chi connectivity index (χ4v) is 2.49. The average Bonchev–Trinajstić information content (AvgIpc) is 2.86. The van der Waals surface area contributed by atoms with Gasteiger partial charge in [-0.3, -0.25) is 9.20 Å². The summed E-state index contributed by atoms with van der Waals surface area (Å²) in [4.78, 5) is 19.8. The number of nitrogens with zero attached hydrogens (tertiary/aromatic N) is 3. The zero-order chi connectivity index (χ0) is 15.1. The van der Waals surface area contributed by atoms with Crippen molar-refractivity contribution in [3.05, 3.63) is 66.2 Å². The van der Waals surface area contributed by atoms with Gasteiger partial charge in [-0.2, -0.15) is 4.98 Å². The van der Waals surface area contributed by atoms with E-state index in [9.17, 15) is 9.90 Å². The molecule has 0 saturated carbocycles. The summed E-state index contributed by atoms with van der Waals surface area (Å²) in [6, 6.07) is 7.63. The number of hydrogen-bond donors (Lipinski definition) is 1. The molecule has 0 spiro atoms. The van der Waals surface area contributed by atoms with Gasteiger partial charge in [0.1, 0.15) is 12.0 Å². The summed E-state index contributed by atoms with van der Waals surface area (Å²) >= 11 is 0. The Kier molecular flexibility index (Phi) is 2.66. The Hall–Kier alpha value is -3.21. The number of ketones is 1. The molecule has 0 radical (unpaired) electrons. The molecule has 1 aliphatic carbocycles. The van der Waals surface area contributed by atoms with E-state index in [0.717, 1.165) is 16.5 Å². The normalized spacial score (nSPS) is 14.2. The number of aromatic hydroxyl groups is 1. The first kappa shape index (κ1) is 12.5. The Morgan fingerprint density at radius 1 is 1.09 bits per heavy atom. The third-order valence-corrected chi connectivity index (χ3v) is 3.57. The number of fused-ring (bicyclic) bond motifs is 3. The van der Waals surface area contributed by atoms with Crippen LogP contribution < -0.4 is 0 Å². The van der Waals surface area contributed by atoms with E-state index in [-0.39, 0.29) is 11.7 Å². The van der Waals surface area contributed by atoms with Gasteiger partial charge in [0, 0.05) is 5.39 Å². The van der Waals surface area contributed by atoms with Crippen molar-refractivity contribution in [1.82, 2.24) is 14.4 Å². The molecule has 106 valence electrons. The van der Waals surface area contributed by atoms with Crippen LogP contribution in [0.15, 0.2) is 60.5 Å². The summed E-state index contributed by atoms with van der Waals surface area (Å²) in [5, 5.41) is 11.0. The SMILES string of the molecule is O=C1C=CC(=Cc2c(O)nc3c4ccccc4ncn23)C=C1. The molecule has 1 aromatic carbocycles. The Bertz CT molecular complexity index is 991. The molecule has 0 fully saturated rings. The van der Waals surface area contributed by atoms with Crippen LogP contribution in [0.25, 0.3) is 22.6 Å². The number of imidazole rings is 1. The van der Waals surface area contributed by atoms with Crippen molar-refractivity contribution in [3.63, 3.8) is 0 Å². The number of rotatable bonds is 1. The zero-order valence-corrected chi connectivity index (χ0v) is 11.5. The summed E-state index contributed by atoms with van der Waals surface area (Å²) in [6.07, 6.45) is 9.79. The Labute approximate surface area is 125 Å². The maximum Gasteiger partial charge on any atom is 0.237 e. The summed E-state index contributed by atoms with van der Waals surface area (Å²) in [5.74, 6) is -0.114. The van der Waals surface area contributed by atoms with Crippen molar-refractivity contribution in [1.29, 1.82) is 0 Å². The van der Waals surface area contributed by atoms with Crippen LogP contribution >= 0.6 is 0 Å². The van der Waals surface area contributed by atoms with Gasteiger partial charge in [-0.05, 0) is 35.9 Å². The molecule has 22 heavy (non-hydrogen) atoms. The smallest absolute Gasteiger partial charge is 0.237 e. The van der Waals surface area contributed by atoms with E-state index in [1.165, 1.54) is 12.2 Å². The highest BCUT2D eigenvalue weighted by molar-refractivity contribution is 6.02. The molecule has 1 N–H and O–H groups in total. The van der Waals surface area contributed by atoms with Gasteiger partial charge in [0.25, 0.3) is 0 Å². The van der Waals surface area contributed by atoms with Crippen molar-refractivity contribution < 1.29 is 9.90 Å². The molecule has 1 aliphatic rings. The Morgan fingerprint density at radius 3 is 2.68 bits per heavy atom. The van der Waals surface area contributed by atoms with Gasteiger partial charge in [-0.25, -0.2) is 4.98 Å². The van der Waals surface area contributed by atoms with Crippen molar-refractivity contribution >= 4 is 28.4 Å². The average molecular weight is 289 g/mol. The number of allylic oxidation sites excluding steroid dienone is 5. The fourth-order valence-electron chi connectivity index (χ4n) is 2.49. The fraction of sp³-hybridized carbons (Fsp3) is 0. The lowest BCUT2D eigenvalue weighted by atomic mass is 10.1. The highest BCUT2D eigenvalue weighted by atomic mass is 16.3. The van der Waals surface area contributed by atoms with Crippen LogP contribution in [0.2, 0.25) is 0 Å². The monoisotopic (exact) mass is 289 g/mol. The predicted molar refractivity (Wildman–Crippen MR) is 83.4 cm³/mol. The first-order chi connectivity index (χ1) is 10.7. The lowest BCUT2D eigenvalue weighted by Gasteiger charge is -2.02. The van der Waals surface area contributed by atoms with E-state index in [0.29, 0.717) is 11.3 Å². The molecule has 0 aliphatic heterocycles. The van der Waals surface area contributed by atoms with E-state index in [4.69, 9.17) is 0 Å². The minimum atomic E-state index is -0.0654. The summed E-state index contributed by atoms with van der Waals surface area (Å²) in [6.45, 7) is 0. The van der Waals surface area contributed by atoms with E-state index in [1.807, 2.05) is 24.3 Å². The molecule has 3 aromatic rings. The van der Waals surface area contributed by atoms with E-state index in [2.05, 4.69) is 9.97 Å². The third-order valence-electron chi connectivity index (χ3n) is 3.57. The summed E-state index contributed by atoms with van der Waals surface area (Å²) in [5.41, 5.74) is 2.81. The molecule has 5 nitrogen and oxygen atoms in total. The highest BCUT2D eigenvalue weighted by Gasteiger charge is 2.13. The van der Waals surface area contributed by atoms with Crippen molar-refractivity contribution in [2.24, 2.45) is 0 Å². The molecule has 5 heteroatoms. The zero-order valence-electron chi connectivity index (χ0n) is 11.5. The van der Waals surface area contributed by atoms with Gasteiger partial charge >= 0.3 is 0 Å². The number of carbonyl (C=O) groups is 1. The topological polar surface area (TPSA) is 67.5 Å². The highest BCUT2D eigenvalue weighted by Crippen LogP contribution is 2.26.